The molecular weight excluding hydrogens is 242 g/mol. The van der Waals surface area contributed by atoms with Gasteiger partial charge in [-0.15, -0.1) is 0 Å². The normalized spacial score (nSPS) is 13.7. The molecule has 1 N–H and O–H groups in total. The zero-order chi connectivity index (χ0) is 14.3. The molecule has 0 saturated heterocycles. The molecule has 106 valence electrons. The maximum absolute atomic E-state index is 11.7. The lowest BCUT2D eigenvalue weighted by Crippen LogP contribution is -2.39. The van der Waals surface area contributed by atoms with Crippen molar-refractivity contribution in [1.29, 1.82) is 0 Å². The monoisotopic (exact) mass is 265 g/mol. The summed E-state index contributed by atoms with van der Waals surface area (Å²) in [6.45, 7) is 4.04. The van der Waals surface area contributed by atoms with E-state index in [1.807, 2.05) is 31.2 Å². The molecule has 0 aliphatic rings. The first-order chi connectivity index (χ1) is 9.17. The van der Waals surface area contributed by atoms with Gasteiger partial charge in [-0.2, -0.15) is 0 Å². The Kier molecular flexibility index (Phi) is 6.36. The number of hydrogen-bond donors (Lipinski definition) is 1. The van der Waals surface area contributed by atoms with Gasteiger partial charge < -0.3 is 9.47 Å². The van der Waals surface area contributed by atoms with Crippen LogP contribution in [0.3, 0.4) is 0 Å². The number of carbonyl (C=O) groups excluding carboxylic acids is 1. The van der Waals surface area contributed by atoms with Gasteiger partial charge in [0.1, 0.15) is 11.8 Å². The molecule has 0 aromatic heterocycles. The predicted octanol–water partition coefficient (Wildman–Crippen LogP) is 2.69. The van der Waals surface area contributed by atoms with Crippen molar-refractivity contribution in [2.75, 3.05) is 14.2 Å². The van der Waals surface area contributed by atoms with E-state index in [9.17, 15) is 4.79 Å². The second-order valence-corrected chi connectivity index (χ2v) is 4.35. The molecule has 0 bridgehead atoms. The molecule has 0 radical (unpaired) electrons. The Balaban J connectivity index is 2.91. The Morgan fingerprint density at radius 2 is 1.89 bits per heavy atom. The first-order valence-corrected chi connectivity index (χ1v) is 6.64. The van der Waals surface area contributed by atoms with Crippen LogP contribution in [0.1, 0.15) is 38.3 Å². The van der Waals surface area contributed by atoms with E-state index in [2.05, 4.69) is 12.2 Å². The number of rotatable bonds is 7. The number of ether oxygens (including phenoxy) is 2. The van der Waals surface area contributed by atoms with Crippen molar-refractivity contribution >= 4 is 5.97 Å². The van der Waals surface area contributed by atoms with Crippen LogP contribution in [0, 0.1) is 0 Å². The summed E-state index contributed by atoms with van der Waals surface area (Å²) in [4.78, 5) is 11.7. The van der Waals surface area contributed by atoms with Crippen LogP contribution >= 0.6 is 0 Å². The lowest BCUT2D eigenvalue weighted by Gasteiger charge is -2.24. The van der Waals surface area contributed by atoms with Crippen molar-refractivity contribution < 1.29 is 14.3 Å². The highest BCUT2D eigenvalue weighted by Crippen LogP contribution is 2.27. The highest BCUT2D eigenvalue weighted by molar-refractivity contribution is 5.75. The summed E-state index contributed by atoms with van der Waals surface area (Å²) in [5.74, 6) is 0.609. The zero-order valence-corrected chi connectivity index (χ0v) is 12.1. The topological polar surface area (TPSA) is 47.6 Å². The van der Waals surface area contributed by atoms with Gasteiger partial charge in [-0.05, 0) is 18.9 Å². The highest BCUT2D eigenvalue weighted by Gasteiger charge is 2.22. The Morgan fingerprint density at radius 1 is 1.21 bits per heavy atom. The number of hydrogen-bond acceptors (Lipinski definition) is 4. The molecule has 0 heterocycles. The minimum absolute atomic E-state index is 0.0696. The summed E-state index contributed by atoms with van der Waals surface area (Å²) in [6, 6.07) is 7.64. The van der Waals surface area contributed by atoms with E-state index < -0.39 is 0 Å². The van der Waals surface area contributed by atoms with Gasteiger partial charge in [0.05, 0.1) is 14.2 Å². The van der Waals surface area contributed by atoms with E-state index in [1.54, 1.807) is 7.11 Å². The van der Waals surface area contributed by atoms with Crippen molar-refractivity contribution in [3.63, 3.8) is 0 Å². The number of esters is 1. The second-order valence-electron chi connectivity index (χ2n) is 4.35. The van der Waals surface area contributed by atoms with Gasteiger partial charge >= 0.3 is 5.97 Å². The average molecular weight is 265 g/mol. The Bertz CT molecular complexity index is 406. The van der Waals surface area contributed by atoms with E-state index in [0.29, 0.717) is 6.42 Å². The van der Waals surface area contributed by atoms with Gasteiger partial charge in [0.25, 0.3) is 0 Å². The first-order valence-electron chi connectivity index (χ1n) is 6.64. The molecule has 0 spiro atoms. The smallest absolute Gasteiger partial charge is 0.322 e. The third kappa shape index (κ3) is 3.96. The molecule has 0 aliphatic carbocycles. The predicted molar refractivity (Wildman–Crippen MR) is 75.3 cm³/mol. The maximum atomic E-state index is 11.7. The molecule has 1 aromatic carbocycles. The third-order valence-corrected chi connectivity index (χ3v) is 3.22. The second kappa shape index (κ2) is 7.79. The number of para-hydroxylation sites is 1. The summed E-state index contributed by atoms with van der Waals surface area (Å²) >= 11 is 0. The summed E-state index contributed by atoms with van der Waals surface area (Å²) in [5, 5.41) is 3.34. The number of methoxy groups -OCH3 is 2. The average Bonchev–Trinajstić information content (AvgIpc) is 2.48. The molecule has 0 saturated carbocycles. The van der Waals surface area contributed by atoms with Gasteiger partial charge in [0.2, 0.25) is 0 Å². The summed E-state index contributed by atoms with van der Waals surface area (Å²) in [7, 11) is 3.07. The highest BCUT2D eigenvalue weighted by atomic mass is 16.5. The minimum Gasteiger partial charge on any atom is -0.496 e. The number of carbonyl (C=O) groups is 1. The van der Waals surface area contributed by atoms with Crippen molar-refractivity contribution in [2.45, 2.75) is 38.8 Å². The minimum atomic E-state index is -0.292. The van der Waals surface area contributed by atoms with E-state index >= 15 is 0 Å². The van der Waals surface area contributed by atoms with Gasteiger partial charge in [-0.3, -0.25) is 10.1 Å². The van der Waals surface area contributed by atoms with Gasteiger partial charge in [0, 0.05) is 11.6 Å². The SMILES string of the molecule is CCC(NC(CC)c1ccccc1OC)C(=O)OC. The van der Waals surface area contributed by atoms with E-state index in [1.165, 1.54) is 7.11 Å². The Labute approximate surface area is 115 Å². The molecule has 1 rings (SSSR count). The van der Waals surface area contributed by atoms with Crippen LogP contribution in [-0.2, 0) is 9.53 Å². The number of nitrogens with one attached hydrogen (secondary N) is 1. The Morgan fingerprint density at radius 3 is 2.42 bits per heavy atom. The van der Waals surface area contributed by atoms with Crippen molar-refractivity contribution in [2.24, 2.45) is 0 Å². The standard InChI is InChI=1S/C15H23NO3/c1-5-12(16-13(6-2)15(17)19-4)11-9-7-8-10-14(11)18-3/h7-10,12-13,16H,5-6H2,1-4H3. The van der Waals surface area contributed by atoms with Gasteiger partial charge in [-0.1, -0.05) is 32.0 Å². The fourth-order valence-corrected chi connectivity index (χ4v) is 2.12. The summed E-state index contributed by atoms with van der Waals surface area (Å²) in [6.07, 6.45) is 1.56. The molecule has 4 heteroatoms. The molecule has 2 unspecified atom stereocenters. The molecule has 0 aliphatic heterocycles. The molecular formula is C15H23NO3. The molecule has 0 amide bonds. The zero-order valence-electron chi connectivity index (χ0n) is 12.1. The largest absolute Gasteiger partial charge is 0.496 e. The van der Waals surface area contributed by atoms with Crippen LogP contribution in [0.5, 0.6) is 5.75 Å². The lowest BCUT2D eigenvalue weighted by molar-refractivity contribution is -0.143. The van der Waals surface area contributed by atoms with Crippen LogP contribution < -0.4 is 10.1 Å². The van der Waals surface area contributed by atoms with Crippen molar-refractivity contribution in [3.8, 4) is 5.75 Å². The fourth-order valence-electron chi connectivity index (χ4n) is 2.12. The van der Waals surface area contributed by atoms with E-state index in [4.69, 9.17) is 9.47 Å². The van der Waals surface area contributed by atoms with Crippen LogP contribution in [0.4, 0.5) is 0 Å². The molecule has 0 fully saturated rings. The van der Waals surface area contributed by atoms with Crippen molar-refractivity contribution in [3.05, 3.63) is 29.8 Å². The Hall–Kier alpha value is -1.55. The summed E-state index contributed by atoms with van der Waals surface area (Å²) in [5.41, 5.74) is 1.06. The van der Waals surface area contributed by atoms with E-state index in [-0.39, 0.29) is 18.1 Å². The molecule has 2 atom stereocenters. The maximum Gasteiger partial charge on any atom is 0.322 e. The van der Waals surface area contributed by atoms with Gasteiger partial charge in [0.15, 0.2) is 0 Å². The first kappa shape index (κ1) is 15.5. The van der Waals surface area contributed by atoms with Crippen LogP contribution in [0.15, 0.2) is 24.3 Å². The fraction of sp³-hybridized carbons (Fsp3) is 0.533. The molecule has 19 heavy (non-hydrogen) atoms. The van der Waals surface area contributed by atoms with Crippen molar-refractivity contribution in [1.82, 2.24) is 5.32 Å². The van der Waals surface area contributed by atoms with Crippen LogP contribution in [0.25, 0.3) is 0 Å². The third-order valence-electron chi connectivity index (χ3n) is 3.22. The van der Waals surface area contributed by atoms with Gasteiger partial charge in [-0.25, -0.2) is 0 Å². The number of benzene rings is 1. The lowest BCUT2D eigenvalue weighted by atomic mass is 10.0. The molecule has 1 aromatic rings. The van der Waals surface area contributed by atoms with Crippen LogP contribution in [-0.4, -0.2) is 26.2 Å². The van der Waals surface area contributed by atoms with E-state index in [0.717, 1.165) is 17.7 Å². The van der Waals surface area contributed by atoms with Crippen LogP contribution in [0.2, 0.25) is 0 Å². The molecule has 4 nitrogen and oxygen atoms in total. The summed E-state index contributed by atoms with van der Waals surface area (Å²) < 4.78 is 10.2. The quantitative estimate of drug-likeness (QED) is 0.770.